The molecule has 2 aromatic heterocycles. The first kappa shape index (κ1) is 21.7. The summed E-state index contributed by atoms with van der Waals surface area (Å²) in [4.78, 5) is 25.0. The minimum Gasteiger partial charge on any atom is -0.488 e. The minimum absolute atomic E-state index is 0.0275. The lowest BCUT2D eigenvalue weighted by atomic mass is 10.0. The molecule has 6 nitrogen and oxygen atoms in total. The molecule has 0 saturated heterocycles. The summed E-state index contributed by atoms with van der Waals surface area (Å²) < 4.78 is 21.9. The number of benzene rings is 2. The van der Waals surface area contributed by atoms with E-state index in [2.05, 4.69) is 0 Å². The van der Waals surface area contributed by atoms with Crippen molar-refractivity contribution in [3.05, 3.63) is 86.6 Å². The van der Waals surface area contributed by atoms with Gasteiger partial charge in [-0.05, 0) is 48.7 Å². The van der Waals surface area contributed by atoms with E-state index in [0.29, 0.717) is 51.7 Å². The minimum atomic E-state index is -0.611. The number of halogens is 1. The molecule has 0 N–H and O–H groups in total. The number of rotatable bonds is 6. The van der Waals surface area contributed by atoms with E-state index in [1.54, 1.807) is 19.1 Å². The molecule has 4 rings (SSSR count). The highest BCUT2D eigenvalue weighted by atomic mass is 35.5. The van der Waals surface area contributed by atoms with Crippen molar-refractivity contribution in [1.29, 1.82) is 0 Å². The number of furan rings is 1. The molecule has 0 fully saturated rings. The zero-order chi connectivity index (χ0) is 22.8. The Balaban J connectivity index is 1.71. The molecule has 0 radical (unpaired) electrons. The maximum absolute atomic E-state index is 13.2. The molecule has 0 amide bonds. The molecular formula is C25H21ClO6. The van der Waals surface area contributed by atoms with Crippen molar-refractivity contribution in [2.45, 2.75) is 26.9 Å². The second-order valence-electron chi connectivity index (χ2n) is 7.28. The smallest absolute Gasteiger partial charge is 0.373 e. The van der Waals surface area contributed by atoms with Crippen LogP contribution in [0.4, 0.5) is 0 Å². The average molecular weight is 453 g/mol. The van der Waals surface area contributed by atoms with E-state index in [9.17, 15) is 9.59 Å². The van der Waals surface area contributed by atoms with Gasteiger partial charge in [0.05, 0.1) is 18.1 Å². The third-order valence-corrected chi connectivity index (χ3v) is 5.49. The highest BCUT2D eigenvalue weighted by Gasteiger charge is 2.20. The number of hydrogen-bond donors (Lipinski definition) is 0. The third-order valence-electron chi connectivity index (χ3n) is 5.24. The molecule has 0 saturated carbocycles. The first-order valence-corrected chi connectivity index (χ1v) is 10.4. The van der Waals surface area contributed by atoms with Crippen LogP contribution < -0.4 is 10.2 Å². The van der Waals surface area contributed by atoms with Crippen molar-refractivity contribution >= 4 is 28.5 Å². The lowest BCUT2D eigenvalue weighted by Gasteiger charge is -2.12. The second kappa shape index (κ2) is 8.93. The Bertz CT molecular complexity index is 1350. The van der Waals surface area contributed by atoms with Crippen LogP contribution in [0.25, 0.3) is 22.1 Å². The predicted molar refractivity (Wildman–Crippen MR) is 121 cm³/mol. The van der Waals surface area contributed by atoms with Crippen LogP contribution in [0.2, 0.25) is 5.02 Å². The molecule has 0 bridgehead atoms. The molecule has 2 heterocycles. The van der Waals surface area contributed by atoms with Crippen LogP contribution in [-0.2, 0) is 17.8 Å². The first-order valence-electron chi connectivity index (χ1n) is 10.1. The molecule has 7 heteroatoms. The van der Waals surface area contributed by atoms with Crippen LogP contribution in [0.3, 0.4) is 0 Å². The summed E-state index contributed by atoms with van der Waals surface area (Å²) >= 11 is 5.94. The Morgan fingerprint density at radius 2 is 1.84 bits per heavy atom. The maximum Gasteiger partial charge on any atom is 0.373 e. The van der Waals surface area contributed by atoms with E-state index in [1.807, 2.05) is 31.2 Å². The van der Waals surface area contributed by atoms with Gasteiger partial charge in [-0.25, -0.2) is 4.79 Å². The summed E-state index contributed by atoms with van der Waals surface area (Å²) in [6, 6.07) is 12.4. The van der Waals surface area contributed by atoms with E-state index in [4.69, 9.17) is 29.9 Å². The normalized spacial score (nSPS) is 11.0. The van der Waals surface area contributed by atoms with Gasteiger partial charge in [0.1, 0.15) is 30.0 Å². The van der Waals surface area contributed by atoms with Crippen LogP contribution in [0.15, 0.2) is 62.4 Å². The number of fused-ring (bicyclic) bond motifs is 1. The van der Waals surface area contributed by atoms with Crippen molar-refractivity contribution in [1.82, 2.24) is 0 Å². The fourth-order valence-corrected chi connectivity index (χ4v) is 3.62. The van der Waals surface area contributed by atoms with Gasteiger partial charge in [-0.15, -0.1) is 0 Å². The molecule has 0 aliphatic carbocycles. The summed E-state index contributed by atoms with van der Waals surface area (Å²) in [6.07, 6.45) is 2.05. The lowest BCUT2D eigenvalue weighted by molar-refractivity contribution is 0.0563. The van der Waals surface area contributed by atoms with Gasteiger partial charge in [0, 0.05) is 16.7 Å². The van der Waals surface area contributed by atoms with E-state index >= 15 is 0 Å². The maximum atomic E-state index is 13.2. The van der Waals surface area contributed by atoms with Gasteiger partial charge in [-0.1, -0.05) is 30.7 Å². The summed E-state index contributed by atoms with van der Waals surface area (Å²) in [5.41, 5.74) is 2.86. The molecule has 32 heavy (non-hydrogen) atoms. The van der Waals surface area contributed by atoms with Crippen LogP contribution in [0.5, 0.6) is 5.75 Å². The van der Waals surface area contributed by atoms with E-state index in [-0.39, 0.29) is 11.2 Å². The van der Waals surface area contributed by atoms with Crippen molar-refractivity contribution < 1.29 is 23.1 Å². The fourth-order valence-electron chi connectivity index (χ4n) is 3.49. The molecule has 0 unspecified atom stereocenters. The van der Waals surface area contributed by atoms with E-state index < -0.39 is 5.97 Å². The number of ether oxygens (including phenoxy) is 2. The van der Waals surface area contributed by atoms with Gasteiger partial charge >= 0.3 is 5.97 Å². The van der Waals surface area contributed by atoms with E-state index in [0.717, 1.165) is 11.1 Å². The molecular weight excluding hydrogens is 432 g/mol. The van der Waals surface area contributed by atoms with E-state index in [1.165, 1.54) is 19.4 Å². The Morgan fingerprint density at radius 1 is 1.09 bits per heavy atom. The fraction of sp³-hybridized carbons (Fsp3) is 0.200. The van der Waals surface area contributed by atoms with Crippen LogP contribution >= 0.6 is 11.6 Å². The van der Waals surface area contributed by atoms with Gasteiger partial charge in [0.25, 0.3) is 0 Å². The van der Waals surface area contributed by atoms with Gasteiger partial charge in [0.15, 0.2) is 0 Å². The van der Waals surface area contributed by atoms with Crippen LogP contribution in [-0.4, -0.2) is 13.1 Å². The Kier molecular flexibility index (Phi) is 6.06. The Morgan fingerprint density at radius 3 is 2.53 bits per heavy atom. The number of methoxy groups -OCH3 is 1. The van der Waals surface area contributed by atoms with Gasteiger partial charge < -0.3 is 18.3 Å². The van der Waals surface area contributed by atoms with Gasteiger partial charge in [-0.2, -0.15) is 0 Å². The zero-order valence-electron chi connectivity index (χ0n) is 17.9. The molecule has 0 spiro atoms. The zero-order valence-corrected chi connectivity index (χ0v) is 18.6. The predicted octanol–water partition coefficient (Wildman–Crippen LogP) is 5.94. The quantitative estimate of drug-likeness (QED) is 0.337. The molecule has 0 aliphatic heterocycles. The summed E-state index contributed by atoms with van der Waals surface area (Å²) in [5, 5.41) is 1.09. The number of hydrogen-bond acceptors (Lipinski definition) is 6. The molecule has 2 aromatic carbocycles. The van der Waals surface area contributed by atoms with Crippen LogP contribution in [0, 0.1) is 6.92 Å². The number of carbonyl (C=O) groups excluding carboxylic acids is 1. The first-order chi connectivity index (χ1) is 15.4. The summed E-state index contributed by atoms with van der Waals surface area (Å²) in [6.45, 7) is 4.03. The third kappa shape index (κ3) is 4.14. The second-order valence-corrected chi connectivity index (χ2v) is 7.71. The van der Waals surface area contributed by atoms with Gasteiger partial charge in [-0.3, -0.25) is 4.79 Å². The van der Waals surface area contributed by atoms with Crippen molar-refractivity contribution in [3.8, 4) is 16.9 Å². The lowest BCUT2D eigenvalue weighted by Crippen LogP contribution is -2.07. The Hall–Kier alpha value is -3.51. The molecule has 4 aromatic rings. The van der Waals surface area contributed by atoms with Crippen LogP contribution in [0.1, 0.15) is 34.4 Å². The largest absolute Gasteiger partial charge is 0.488 e. The van der Waals surface area contributed by atoms with Gasteiger partial charge in [0.2, 0.25) is 11.2 Å². The summed E-state index contributed by atoms with van der Waals surface area (Å²) in [7, 11) is 1.27. The average Bonchev–Trinajstić information content (AvgIpc) is 3.19. The summed E-state index contributed by atoms with van der Waals surface area (Å²) in [5.74, 6) is 0.494. The molecule has 164 valence electrons. The highest BCUT2D eigenvalue weighted by Crippen LogP contribution is 2.30. The number of aryl methyl sites for hydroxylation is 2. The molecule has 0 aliphatic rings. The topological polar surface area (TPSA) is 78.9 Å². The standard InChI is InChI=1S/C25H21ClO6/c1-4-16-9-19-22(11-21(16)30-12-15-5-7-17(26)8-6-15)31-13-20(24(19)27)18-10-23(25(28)29-3)32-14(18)2/h5-11,13H,4,12H2,1-3H3. The number of carbonyl (C=O) groups is 1. The highest BCUT2D eigenvalue weighted by molar-refractivity contribution is 6.30. The Labute approximate surface area is 189 Å². The number of esters is 1. The van der Waals surface area contributed by atoms with Crippen molar-refractivity contribution in [2.75, 3.05) is 7.11 Å². The molecule has 0 atom stereocenters. The monoisotopic (exact) mass is 452 g/mol. The SMILES string of the molecule is CCc1cc2c(=O)c(-c3cc(C(=O)OC)oc3C)coc2cc1OCc1ccc(Cl)cc1. The van der Waals surface area contributed by atoms with Crippen molar-refractivity contribution in [2.24, 2.45) is 0 Å². The van der Waals surface area contributed by atoms with Crippen molar-refractivity contribution in [3.63, 3.8) is 0 Å².